The summed E-state index contributed by atoms with van der Waals surface area (Å²) in [6, 6.07) is 6.93. The molecule has 30 heavy (non-hydrogen) atoms. The van der Waals surface area contributed by atoms with E-state index in [9.17, 15) is 9.59 Å². The van der Waals surface area contributed by atoms with Gasteiger partial charge in [0.2, 0.25) is 0 Å². The number of para-hydroxylation sites is 1. The molecule has 0 spiro atoms. The summed E-state index contributed by atoms with van der Waals surface area (Å²) in [5.41, 5.74) is 7.33. The maximum atomic E-state index is 11.8. The Balaban J connectivity index is 0.000000193. The summed E-state index contributed by atoms with van der Waals surface area (Å²) < 4.78 is 5.29. The summed E-state index contributed by atoms with van der Waals surface area (Å²) in [7, 11) is 0. The molecule has 4 saturated carbocycles. The zero-order valence-electron chi connectivity index (χ0n) is 17.3. The highest BCUT2D eigenvalue weighted by Gasteiger charge is 2.48. The van der Waals surface area contributed by atoms with E-state index in [4.69, 9.17) is 15.6 Å². The van der Waals surface area contributed by atoms with Gasteiger partial charge >= 0.3 is 11.9 Å². The smallest absolute Gasteiger partial charge is 0.316 e. The molecule has 0 unspecified atom stereocenters. The second-order valence-electron chi connectivity index (χ2n) is 9.26. The zero-order chi connectivity index (χ0) is 21.7. The Morgan fingerprint density at radius 2 is 1.60 bits per heavy atom. The van der Waals surface area contributed by atoms with Crippen molar-refractivity contribution in [1.29, 1.82) is 0 Å². The van der Waals surface area contributed by atoms with Crippen molar-refractivity contribution in [3.63, 3.8) is 0 Å². The van der Waals surface area contributed by atoms with Crippen LogP contribution in [0.15, 0.2) is 24.3 Å². The van der Waals surface area contributed by atoms with Crippen molar-refractivity contribution in [2.24, 2.45) is 29.4 Å². The minimum atomic E-state index is -0.885. The van der Waals surface area contributed by atoms with Crippen molar-refractivity contribution in [2.45, 2.75) is 56.9 Å². The number of hydrogen-bond donors (Lipinski definition) is 4. The normalized spacial score (nSPS) is 28.7. The molecule has 5 rings (SSSR count). The number of ether oxygens (including phenoxy) is 1. The number of thiol groups is 2. The fourth-order valence-electron chi connectivity index (χ4n) is 5.63. The van der Waals surface area contributed by atoms with Crippen LogP contribution in [0.4, 0.5) is 0 Å². The molecule has 166 valence electrons. The molecule has 7 heteroatoms. The molecule has 0 heterocycles. The SMILES string of the molecule is NC12CC3CC(CC(C3)C1)C2.O=C(O)CCc1ccccc1OC(=O)C(CS)CS. The summed E-state index contributed by atoms with van der Waals surface area (Å²) in [6.07, 6.45) is 8.89. The third-order valence-corrected chi connectivity index (χ3v) is 7.53. The maximum absolute atomic E-state index is 11.8. The third kappa shape index (κ3) is 6.17. The van der Waals surface area contributed by atoms with E-state index >= 15 is 0 Å². The lowest BCUT2D eigenvalue weighted by Crippen LogP contribution is -2.55. The Morgan fingerprint density at radius 3 is 2.07 bits per heavy atom. The van der Waals surface area contributed by atoms with Crippen molar-refractivity contribution in [1.82, 2.24) is 0 Å². The molecule has 3 N–H and O–H groups in total. The standard InChI is InChI=1S/C13H16O4S2.C10H17N/c14-12(15)6-5-9-3-1-2-4-11(9)17-13(16)10(7-18)8-19;11-10-4-7-1-8(5-10)3-9(2-7)6-10/h1-4,10,18-19H,5-8H2,(H,14,15);7-9H,1-6,11H2. The van der Waals surface area contributed by atoms with Gasteiger partial charge < -0.3 is 15.6 Å². The fraction of sp³-hybridized carbons (Fsp3) is 0.652. The van der Waals surface area contributed by atoms with Crippen molar-refractivity contribution in [3.8, 4) is 5.75 Å². The van der Waals surface area contributed by atoms with Gasteiger partial charge in [-0.2, -0.15) is 25.3 Å². The molecule has 0 radical (unpaired) electrons. The van der Waals surface area contributed by atoms with E-state index < -0.39 is 11.9 Å². The number of carboxylic acids is 1. The number of carbonyl (C=O) groups is 2. The quantitative estimate of drug-likeness (QED) is 0.286. The van der Waals surface area contributed by atoms with Crippen molar-refractivity contribution < 1.29 is 19.4 Å². The molecule has 4 fully saturated rings. The van der Waals surface area contributed by atoms with E-state index in [1.54, 1.807) is 24.3 Å². The van der Waals surface area contributed by atoms with E-state index in [-0.39, 0.29) is 12.3 Å². The fourth-order valence-corrected chi connectivity index (χ4v) is 6.39. The van der Waals surface area contributed by atoms with Gasteiger partial charge in [-0.3, -0.25) is 9.59 Å². The molecule has 1 aromatic carbocycles. The predicted octanol–water partition coefficient (Wildman–Crippen LogP) is 4.00. The minimum Gasteiger partial charge on any atom is -0.481 e. The highest BCUT2D eigenvalue weighted by atomic mass is 32.1. The third-order valence-electron chi connectivity index (χ3n) is 6.65. The first-order valence-corrected chi connectivity index (χ1v) is 12.1. The second kappa shape index (κ2) is 10.4. The monoisotopic (exact) mass is 451 g/mol. The van der Waals surface area contributed by atoms with Gasteiger partial charge in [0.15, 0.2) is 0 Å². The molecule has 0 amide bonds. The van der Waals surface area contributed by atoms with Crippen LogP contribution in [0, 0.1) is 23.7 Å². The predicted molar refractivity (Wildman–Crippen MR) is 124 cm³/mol. The van der Waals surface area contributed by atoms with Crippen molar-refractivity contribution >= 4 is 37.2 Å². The highest BCUT2D eigenvalue weighted by molar-refractivity contribution is 7.81. The van der Waals surface area contributed by atoms with Gasteiger partial charge in [0.05, 0.1) is 5.92 Å². The molecular formula is C23H33NO4S2. The van der Waals surface area contributed by atoms with Crippen LogP contribution in [0.25, 0.3) is 0 Å². The molecule has 4 bridgehead atoms. The first-order valence-electron chi connectivity index (χ1n) is 10.8. The minimum absolute atomic E-state index is 0.00285. The van der Waals surface area contributed by atoms with E-state index in [1.165, 1.54) is 38.5 Å². The van der Waals surface area contributed by atoms with Crippen LogP contribution in [0.3, 0.4) is 0 Å². The molecule has 4 aliphatic rings. The van der Waals surface area contributed by atoms with Gasteiger partial charge in [-0.15, -0.1) is 0 Å². The van der Waals surface area contributed by atoms with Crippen LogP contribution >= 0.6 is 25.3 Å². The molecular weight excluding hydrogens is 418 g/mol. The Morgan fingerprint density at radius 1 is 1.07 bits per heavy atom. The molecule has 5 nitrogen and oxygen atoms in total. The first-order chi connectivity index (χ1) is 14.3. The van der Waals surface area contributed by atoms with Crippen LogP contribution in [-0.4, -0.2) is 34.1 Å². The average molecular weight is 452 g/mol. The number of carbonyl (C=O) groups excluding carboxylic acids is 1. The lowest BCUT2D eigenvalue weighted by molar-refractivity contribution is -0.137. The van der Waals surface area contributed by atoms with Gasteiger partial charge in [0.1, 0.15) is 5.75 Å². The van der Waals surface area contributed by atoms with E-state index in [0.29, 0.717) is 34.8 Å². The summed E-state index contributed by atoms with van der Waals surface area (Å²) in [6.45, 7) is 0. The second-order valence-corrected chi connectivity index (χ2v) is 9.99. The average Bonchev–Trinajstić information content (AvgIpc) is 2.67. The molecule has 1 aromatic rings. The van der Waals surface area contributed by atoms with E-state index in [2.05, 4.69) is 25.3 Å². The van der Waals surface area contributed by atoms with E-state index in [0.717, 1.165) is 17.8 Å². The number of hydrogen-bond acceptors (Lipinski definition) is 6. The Labute approximate surface area is 190 Å². The highest BCUT2D eigenvalue weighted by Crippen LogP contribution is 2.54. The van der Waals surface area contributed by atoms with Crippen LogP contribution in [0.1, 0.15) is 50.5 Å². The number of rotatable bonds is 7. The van der Waals surface area contributed by atoms with Crippen LogP contribution in [0.2, 0.25) is 0 Å². The Hall–Kier alpha value is -1.18. The number of aliphatic carboxylic acids is 1. The Bertz CT molecular complexity index is 715. The van der Waals surface area contributed by atoms with Crippen LogP contribution in [-0.2, 0) is 16.0 Å². The summed E-state index contributed by atoms with van der Waals surface area (Å²) >= 11 is 8.14. The largest absolute Gasteiger partial charge is 0.481 e. The zero-order valence-corrected chi connectivity index (χ0v) is 19.1. The topological polar surface area (TPSA) is 89.6 Å². The van der Waals surface area contributed by atoms with Gasteiger partial charge in [0.25, 0.3) is 0 Å². The van der Waals surface area contributed by atoms with Crippen LogP contribution < -0.4 is 10.5 Å². The number of aryl methyl sites for hydroxylation is 1. The summed E-state index contributed by atoms with van der Waals surface area (Å²) in [4.78, 5) is 22.4. The van der Waals surface area contributed by atoms with E-state index in [1.807, 2.05) is 0 Å². The molecule has 0 aliphatic heterocycles. The maximum Gasteiger partial charge on any atom is 0.316 e. The summed E-state index contributed by atoms with van der Waals surface area (Å²) in [5.74, 6) is 2.53. The molecule has 0 atom stereocenters. The molecule has 4 aliphatic carbocycles. The summed E-state index contributed by atoms with van der Waals surface area (Å²) in [5, 5.41) is 8.68. The van der Waals surface area contributed by atoms with Crippen molar-refractivity contribution in [3.05, 3.63) is 29.8 Å². The first kappa shape index (κ1) is 23.5. The van der Waals surface area contributed by atoms with Gasteiger partial charge in [-0.25, -0.2) is 0 Å². The number of benzene rings is 1. The number of esters is 1. The molecule has 0 aromatic heterocycles. The lowest BCUT2D eigenvalue weighted by atomic mass is 9.53. The van der Waals surface area contributed by atoms with Gasteiger partial charge in [-0.05, 0) is 74.3 Å². The lowest BCUT2D eigenvalue weighted by Gasteiger charge is -2.55. The van der Waals surface area contributed by atoms with Gasteiger partial charge in [0, 0.05) is 23.5 Å². The number of carboxylic acid groups (broad SMARTS) is 1. The van der Waals surface area contributed by atoms with Crippen LogP contribution in [0.5, 0.6) is 5.75 Å². The number of nitrogens with two attached hydrogens (primary N) is 1. The molecule has 0 saturated heterocycles. The Kier molecular flexibility index (Phi) is 8.16. The van der Waals surface area contributed by atoms with Crippen molar-refractivity contribution in [2.75, 3.05) is 11.5 Å². The van der Waals surface area contributed by atoms with Gasteiger partial charge in [-0.1, -0.05) is 18.2 Å².